The van der Waals surface area contributed by atoms with Gasteiger partial charge in [-0.3, -0.25) is 13.6 Å². The topological polar surface area (TPSA) is 136 Å². The Kier molecular flexibility index (Phi) is 6.91. The fourth-order valence-corrected chi connectivity index (χ4v) is 7.54. The minimum atomic E-state index is -3.70. The fraction of sp³-hybridized carbons (Fsp3) is 0.722. The van der Waals surface area contributed by atoms with Crippen LogP contribution >= 0.6 is 29.3 Å². The summed E-state index contributed by atoms with van der Waals surface area (Å²) >= 11 is 0. The van der Waals surface area contributed by atoms with E-state index < -0.39 is 31.9 Å². The van der Waals surface area contributed by atoms with Gasteiger partial charge in [-0.1, -0.05) is 42.4 Å². The summed E-state index contributed by atoms with van der Waals surface area (Å²) in [4.78, 5) is 12.4. The van der Waals surface area contributed by atoms with E-state index >= 15 is 4.39 Å². The third-order valence-electron chi connectivity index (χ3n) is 4.99. The second-order valence-electron chi connectivity index (χ2n) is 8.84. The second kappa shape index (κ2) is 9.14. The largest absolute Gasteiger partial charge is 0.479 e. The molecule has 2 aliphatic heterocycles. The zero-order valence-corrected chi connectivity index (χ0v) is 21.5. The van der Waals surface area contributed by atoms with Gasteiger partial charge in [0.1, 0.15) is 12.2 Å². The lowest BCUT2D eigenvalue weighted by molar-refractivity contribution is -0.0607. The number of halogens is 1. The van der Waals surface area contributed by atoms with Gasteiger partial charge in [0.2, 0.25) is 11.8 Å². The Bertz CT molecular complexity index is 1070. The summed E-state index contributed by atoms with van der Waals surface area (Å²) in [5, 5.41) is 2.82. The van der Waals surface area contributed by atoms with E-state index in [4.69, 9.17) is 24.3 Å². The SMILES string of the molecule is COc1nc(N)nc2c1ncn2C1OC2COP(=O)(NCCSSC(C)(C)C)OC2C1(C)F. The zero-order chi connectivity index (χ0) is 24.0. The summed E-state index contributed by atoms with van der Waals surface area (Å²) in [5.41, 5.74) is 4.27. The Labute approximate surface area is 199 Å². The number of methoxy groups -OCH3 is 1. The molecular formula is C18H28FN6O5PS2. The first kappa shape index (κ1) is 25.0. The number of hydrogen-bond acceptors (Lipinski definition) is 11. The number of anilines is 1. The monoisotopic (exact) mass is 522 g/mol. The first-order chi connectivity index (χ1) is 15.4. The molecule has 4 rings (SSSR count). The van der Waals surface area contributed by atoms with Gasteiger partial charge in [0.05, 0.1) is 20.0 Å². The van der Waals surface area contributed by atoms with Crippen LogP contribution in [0, 0.1) is 0 Å². The van der Waals surface area contributed by atoms with Crippen LogP contribution in [-0.4, -0.2) is 68.2 Å². The lowest BCUT2D eigenvalue weighted by Gasteiger charge is -2.34. The fourth-order valence-electron chi connectivity index (χ4n) is 3.61. The van der Waals surface area contributed by atoms with Gasteiger partial charge in [-0.2, -0.15) is 9.97 Å². The highest BCUT2D eigenvalue weighted by atomic mass is 33.1. The van der Waals surface area contributed by atoms with Crippen molar-refractivity contribution in [2.24, 2.45) is 0 Å². The molecule has 2 fully saturated rings. The lowest BCUT2D eigenvalue weighted by Crippen LogP contribution is -2.46. The van der Waals surface area contributed by atoms with E-state index in [9.17, 15) is 4.57 Å². The summed E-state index contributed by atoms with van der Waals surface area (Å²) in [6.45, 7) is 7.99. The normalized spacial score (nSPS) is 32.2. The number of ether oxygens (including phenoxy) is 2. The Morgan fingerprint density at radius 3 is 2.91 bits per heavy atom. The van der Waals surface area contributed by atoms with E-state index in [0.29, 0.717) is 17.8 Å². The number of aromatic nitrogens is 4. The molecule has 5 atom stereocenters. The highest BCUT2D eigenvalue weighted by Gasteiger charge is 2.61. The van der Waals surface area contributed by atoms with Crippen molar-refractivity contribution in [3.63, 3.8) is 0 Å². The second-order valence-corrected chi connectivity index (χ2v) is 13.9. The average molecular weight is 523 g/mol. The number of nitrogens with two attached hydrogens (primary N) is 1. The molecule has 0 bridgehead atoms. The predicted molar refractivity (Wildman–Crippen MR) is 126 cm³/mol. The van der Waals surface area contributed by atoms with E-state index in [2.05, 4.69) is 40.8 Å². The van der Waals surface area contributed by atoms with Gasteiger partial charge in [-0.05, 0) is 6.92 Å². The molecule has 0 amide bonds. The third kappa shape index (κ3) is 5.12. The Hall–Kier alpha value is -1.15. The molecule has 0 spiro atoms. The number of imidazole rings is 1. The molecule has 0 aliphatic carbocycles. The molecular weight excluding hydrogens is 494 g/mol. The molecule has 11 nitrogen and oxygen atoms in total. The van der Waals surface area contributed by atoms with Gasteiger partial charge in [-0.15, -0.1) is 0 Å². The van der Waals surface area contributed by atoms with Crippen molar-refractivity contribution < 1.29 is 27.5 Å². The molecule has 15 heteroatoms. The molecule has 0 radical (unpaired) electrons. The number of hydrogen-bond donors (Lipinski definition) is 2. The Balaban J connectivity index is 1.48. The van der Waals surface area contributed by atoms with Crippen LogP contribution in [0.15, 0.2) is 6.33 Å². The van der Waals surface area contributed by atoms with Crippen LogP contribution in [0.2, 0.25) is 0 Å². The van der Waals surface area contributed by atoms with Crippen LogP contribution in [0.25, 0.3) is 11.2 Å². The summed E-state index contributed by atoms with van der Waals surface area (Å²) in [7, 11) is 1.10. The number of nitrogens with zero attached hydrogens (tertiary/aromatic N) is 4. The summed E-state index contributed by atoms with van der Waals surface area (Å²) in [6.07, 6.45) is -1.67. The predicted octanol–water partition coefficient (Wildman–Crippen LogP) is 3.34. The van der Waals surface area contributed by atoms with E-state index in [1.807, 2.05) is 0 Å². The minimum Gasteiger partial charge on any atom is -0.479 e. The molecule has 0 saturated carbocycles. The first-order valence-corrected chi connectivity index (χ1v) is 14.2. The molecule has 2 aliphatic rings. The van der Waals surface area contributed by atoms with Gasteiger partial charge in [-0.25, -0.2) is 19.0 Å². The number of alkyl halides is 1. The average Bonchev–Trinajstić information content (AvgIpc) is 3.24. The lowest BCUT2D eigenvalue weighted by atomic mass is 9.98. The van der Waals surface area contributed by atoms with Gasteiger partial charge >= 0.3 is 7.75 Å². The van der Waals surface area contributed by atoms with Gasteiger partial charge in [0.25, 0.3) is 0 Å². The molecule has 3 N–H and O–H groups in total. The molecule has 2 saturated heterocycles. The highest BCUT2D eigenvalue weighted by molar-refractivity contribution is 8.77. The van der Waals surface area contributed by atoms with Gasteiger partial charge < -0.3 is 15.2 Å². The quantitative estimate of drug-likeness (QED) is 0.314. The maximum atomic E-state index is 16.1. The number of rotatable bonds is 7. The van der Waals surface area contributed by atoms with Crippen LogP contribution in [0.1, 0.15) is 33.9 Å². The maximum absolute atomic E-state index is 16.1. The van der Waals surface area contributed by atoms with E-state index in [1.54, 1.807) is 21.6 Å². The van der Waals surface area contributed by atoms with E-state index in [0.717, 1.165) is 0 Å². The van der Waals surface area contributed by atoms with Crippen molar-refractivity contribution in [3.05, 3.63) is 6.33 Å². The smallest absolute Gasteiger partial charge is 0.406 e. The van der Waals surface area contributed by atoms with Gasteiger partial charge in [0, 0.05) is 17.0 Å². The van der Waals surface area contributed by atoms with E-state index in [-0.39, 0.29) is 28.8 Å². The van der Waals surface area contributed by atoms with Crippen molar-refractivity contribution in [1.29, 1.82) is 0 Å². The molecule has 2 aromatic rings. The summed E-state index contributed by atoms with van der Waals surface area (Å²) in [5.74, 6) is 0.804. The summed E-state index contributed by atoms with van der Waals surface area (Å²) in [6, 6.07) is 0. The van der Waals surface area contributed by atoms with Crippen molar-refractivity contribution >= 4 is 46.4 Å². The van der Waals surface area contributed by atoms with Crippen molar-refractivity contribution in [2.75, 3.05) is 31.7 Å². The number of nitrogen functional groups attached to an aromatic ring is 1. The van der Waals surface area contributed by atoms with Crippen LogP contribution in [0.3, 0.4) is 0 Å². The van der Waals surface area contributed by atoms with Gasteiger partial charge in [0.15, 0.2) is 23.1 Å². The summed E-state index contributed by atoms with van der Waals surface area (Å²) < 4.78 is 52.9. The van der Waals surface area contributed by atoms with Crippen molar-refractivity contribution in [1.82, 2.24) is 24.6 Å². The molecule has 0 aromatic carbocycles. The molecule has 33 heavy (non-hydrogen) atoms. The number of fused-ring (bicyclic) bond motifs is 2. The maximum Gasteiger partial charge on any atom is 0.406 e. The van der Waals surface area contributed by atoms with Crippen LogP contribution in [0.4, 0.5) is 10.3 Å². The minimum absolute atomic E-state index is 0.0483. The molecule has 184 valence electrons. The first-order valence-electron chi connectivity index (χ1n) is 10.3. The molecule has 4 heterocycles. The Morgan fingerprint density at radius 2 is 2.21 bits per heavy atom. The third-order valence-corrected chi connectivity index (χ3v) is 9.94. The highest BCUT2D eigenvalue weighted by Crippen LogP contribution is 2.56. The zero-order valence-electron chi connectivity index (χ0n) is 19.0. The molecule has 2 aromatic heterocycles. The van der Waals surface area contributed by atoms with Crippen LogP contribution in [0.5, 0.6) is 5.88 Å². The number of nitrogens with one attached hydrogen (secondary N) is 1. The Morgan fingerprint density at radius 1 is 1.45 bits per heavy atom. The standard InChI is InChI=1S/C18H28FN6O5PS2/c1-17(2,3)33-32-7-6-22-31(26)28-8-10-12(30-31)18(4,19)15(29-10)25-9-21-11-13(25)23-16(20)24-14(11)27-5/h9-10,12,15H,6-8H2,1-5H3,(H,22,26)(H2,20,23,24). The molecule has 5 unspecified atom stereocenters. The van der Waals surface area contributed by atoms with Crippen LogP contribution < -0.4 is 15.6 Å². The van der Waals surface area contributed by atoms with Crippen molar-refractivity contribution in [2.45, 2.75) is 56.5 Å². The van der Waals surface area contributed by atoms with Crippen molar-refractivity contribution in [3.8, 4) is 5.88 Å². The van der Waals surface area contributed by atoms with Crippen LogP contribution in [-0.2, 0) is 18.3 Å². The van der Waals surface area contributed by atoms with E-state index in [1.165, 1.54) is 24.9 Å².